The van der Waals surface area contributed by atoms with E-state index in [2.05, 4.69) is 0 Å². The van der Waals surface area contributed by atoms with Gasteiger partial charge in [-0.2, -0.15) is 18.4 Å². The molecular formula is C14H13F3N2O2. The second-order valence-corrected chi connectivity index (χ2v) is 5.11. The highest BCUT2D eigenvalue weighted by atomic mass is 19.4. The van der Waals surface area contributed by atoms with Crippen LogP contribution in [-0.4, -0.2) is 17.0 Å². The molecule has 1 aromatic rings. The molecule has 2 unspecified atom stereocenters. The van der Waals surface area contributed by atoms with Gasteiger partial charge in [0.25, 0.3) is 0 Å². The summed E-state index contributed by atoms with van der Waals surface area (Å²) in [5.41, 5.74) is 2.92. The molecule has 0 aliphatic heterocycles. The Morgan fingerprint density at radius 1 is 1.43 bits per heavy atom. The van der Waals surface area contributed by atoms with Gasteiger partial charge in [-0.15, -0.1) is 0 Å². The molecule has 0 heterocycles. The predicted octanol–water partition coefficient (Wildman–Crippen LogP) is 1.84. The van der Waals surface area contributed by atoms with E-state index in [1.54, 1.807) is 0 Å². The zero-order valence-corrected chi connectivity index (χ0v) is 10.9. The largest absolute Gasteiger partial charge is 0.417 e. The van der Waals surface area contributed by atoms with Crippen LogP contribution < -0.4 is 5.73 Å². The first-order valence-corrected chi connectivity index (χ1v) is 6.33. The molecular weight excluding hydrogens is 285 g/mol. The Bertz CT molecular complexity index is 622. The highest BCUT2D eigenvalue weighted by Crippen LogP contribution is 2.37. The van der Waals surface area contributed by atoms with Crippen molar-refractivity contribution in [3.63, 3.8) is 0 Å². The van der Waals surface area contributed by atoms with E-state index < -0.39 is 34.7 Å². The van der Waals surface area contributed by atoms with Gasteiger partial charge in [-0.05, 0) is 37.0 Å². The number of hydrogen-bond donors (Lipinski definition) is 2. The van der Waals surface area contributed by atoms with Gasteiger partial charge < -0.3 is 10.8 Å². The number of halogens is 3. The summed E-state index contributed by atoms with van der Waals surface area (Å²) < 4.78 is 38.3. The van der Waals surface area contributed by atoms with Gasteiger partial charge in [-0.1, -0.05) is 6.07 Å². The summed E-state index contributed by atoms with van der Waals surface area (Å²) in [6, 6.07) is 4.30. The molecule has 1 aromatic carbocycles. The molecule has 0 bridgehead atoms. The summed E-state index contributed by atoms with van der Waals surface area (Å²) in [5, 5.41) is 18.5. The van der Waals surface area contributed by atoms with Crippen molar-refractivity contribution in [2.24, 2.45) is 5.73 Å². The minimum Gasteiger partial charge on any atom is -0.385 e. The number of nitrogens with zero attached hydrogens (tertiary/aromatic N) is 1. The Hall–Kier alpha value is -1.91. The molecule has 2 atom stereocenters. The fraction of sp³-hybridized carbons (Fsp3) is 0.429. The third-order valence-corrected chi connectivity index (χ3v) is 3.75. The van der Waals surface area contributed by atoms with Crippen LogP contribution in [0.15, 0.2) is 18.2 Å². The molecule has 1 saturated carbocycles. The third-order valence-electron chi connectivity index (χ3n) is 3.75. The van der Waals surface area contributed by atoms with Crippen molar-refractivity contribution < 1.29 is 23.1 Å². The molecule has 21 heavy (non-hydrogen) atoms. The number of hydrogen-bond acceptors (Lipinski definition) is 4. The molecule has 1 aliphatic carbocycles. The number of aliphatic hydroxyl groups excluding tert-OH is 1. The lowest BCUT2D eigenvalue weighted by Crippen LogP contribution is -2.52. The van der Waals surface area contributed by atoms with Crippen LogP contribution in [0.5, 0.6) is 0 Å². The first-order chi connectivity index (χ1) is 9.70. The number of rotatable bonds is 1. The number of carbonyl (C=O) groups excluding carboxylic acids is 1. The molecule has 0 spiro atoms. The smallest absolute Gasteiger partial charge is 0.385 e. The Morgan fingerprint density at radius 2 is 2.10 bits per heavy atom. The topological polar surface area (TPSA) is 87.1 Å². The van der Waals surface area contributed by atoms with Crippen molar-refractivity contribution >= 4 is 5.78 Å². The molecule has 7 heteroatoms. The normalized spacial score (nSPS) is 26.5. The Balaban J connectivity index is 2.51. The second kappa shape index (κ2) is 5.13. The molecule has 0 amide bonds. The molecule has 2 rings (SSSR count). The van der Waals surface area contributed by atoms with Crippen LogP contribution in [0.1, 0.15) is 36.0 Å². The van der Waals surface area contributed by atoms with E-state index in [9.17, 15) is 23.1 Å². The van der Waals surface area contributed by atoms with Crippen molar-refractivity contribution in [1.82, 2.24) is 0 Å². The van der Waals surface area contributed by atoms with Gasteiger partial charge >= 0.3 is 6.18 Å². The summed E-state index contributed by atoms with van der Waals surface area (Å²) in [5.74, 6) is -0.627. The maximum Gasteiger partial charge on any atom is 0.417 e. The summed E-state index contributed by atoms with van der Waals surface area (Å²) in [6.07, 6.45) is -4.90. The molecule has 0 saturated heterocycles. The minimum atomic E-state index is -4.65. The van der Waals surface area contributed by atoms with E-state index in [4.69, 9.17) is 11.0 Å². The highest BCUT2D eigenvalue weighted by molar-refractivity contribution is 5.93. The number of alkyl halides is 3. The van der Waals surface area contributed by atoms with Gasteiger partial charge in [0.1, 0.15) is 11.6 Å². The monoisotopic (exact) mass is 298 g/mol. The Kier molecular flexibility index (Phi) is 3.78. The van der Waals surface area contributed by atoms with Gasteiger partial charge in [0.05, 0.1) is 17.2 Å². The quantitative estimate of drug-likeness (QED) is 0.828. The molecule has 1 fully saturated rings. The summed E-state index contributed by atoms with van der Waals surface area (Å²) >= 11 is 0. The van der Waals surface area contributed by atoms with Crippen molar-refractivity contribution in [1.29, 1.82) is 5.26 Å². The average Bonchev–Trinajstić information content (AvgIpc) is 2.43. The highest BCUT2D eigenvalue weighted by Gasteiger charge is 2.43. The van der Waals surface area contributed by atoms with Crippen molar-refractivity contribution in [3.8, 4) is 6.07 Å². The summed E-state index contributed by atoms with van der Waals surface area (Å²) in [4.78, 5) is 12.0. The van der Waals surface area contributed by atoms with E-state index in [0.29, 0.717) is 6.42 Å². The van der Waals surface area contributed by atoms with E-state index >= 15 is 0 Å². The standard InChI is InChI=1S/C14H13F3N2O2/c15-14(16,17)10-4-3-9(6-8(10)7-18)13(19)5-1-2-11(20)12(13)21/h3-4,6,11,20H,1-2,5,19H2. The van der Waals surface area contributed by atoms with Crippen LogP contribution in [0.25, 0.3) is 0 Å². The van der Waals surface area contributed by atoms with Gasteiger partial charge in [-0.25, -0.2) is 0 Å². The van der Waals surface area contributed by atoms with Gasteiger partial charge in [0, 0.05) is 0 Å². The third kappa shape index (κ3) is 2.64. The van der Waals surface area contributed by atoms with Crippen molar-refractivity contribution in [2.45, 2.75) is 37.1 Å². The van der Waals surface area contributed by atoms with Crippen LogP contribution >= 0.6 is 0 Å². The van der Waals surface area contributed by atoms with Gasteiger partial charge in [0.15, 0.2) is 5.78 Å². The van der Waals surface area contributed by atoms with E-state index in [0.717, 1.165) is 18.2 Å². The van der Waals surface area contributed by atoms with E-state index in [-0.39, 0.29) is 18.4 Å². The lowest BCUT2D eigenvalue weighted by Gasteiger charge is -2.35. The Labute approximate surface area is 119 Å². The number of ketones is 1. The summed E-state index contributed by atoms with van der Waals surface area (Å²) in [7, 11) is 0. The fourth-order valence-corrected chi connectivity index (χ4v) is 2.57. The number of benzene rings is 1. The average molecular weight is 298 g/mol. The Morgan fingerprint density at radius 3 is 2.67 bits per heavy atom. The van der Waals surface area contributed by atoms with E-state index in [1.807, 2.05) is 0 Å². The molecule has 3 N–H and O–H groups in total. The maximum absolute atomic E-state index is 12.8. The number of nitrogens with two attached hydrogens (primary N) is 1. The molecule has 0 aromatic heterocycles. The van der Waals surface area contributed by atoms with Gasteiger partial charge in [0.2, 0.25) is 0 Å². The van der Waals surface area contributed by atoms with Gasteiger partial charge in [-0.3, -0.25) is 4.79 Å². The molecule has 4 nitrogen and oxygen atoms in total. The molecule has 112 valence electrons. The van der Waals surface area contributed by atoms with Crippen LogP contribution in [-0.2, 0) is 16.5 Å². The number of Topliss-reactive ketones (excluding diaryl/α,β-unsaturated/α-hetero) is 1. The first-order valence-electron chi connectivity index (χ1n) is 6.33. The lowest BCUT2D eigenvalue weighted by atomic mass is 9.74. The minimum absolute atomic E-state index is 0.121. The fourth-order valence-electron chi connectivity index (χ4n) is 2.57. The zero-order chi connectivity index (χ0) is 15.8. The molecule has 0 radical (unpaired) electrons. The van der Waals surface area contributed by atoms with E-state index in [1.165, 1.54) is 6.07 Å². The maximum atomic E-state index is 12.8. The zero-order valence-electron chi connectivity index (χ0n) is 10.9. The predicted molar refractivity (Wildman–Crippen MR) is 66.9 cm³/mol. The van der Waals surface area contributed by atoms with Crippen LogP contribution in [0.3, 0.4) is 0 Å². The summed E-state index contributed by atoms with van der Waals surface area (Å²) in [6.45, 7) is 0. The number of aliphatic hydroxyl groups is 1. The first kappa shape index (κ1) is 15.5. The number of nitriles is 1. The van der Waals surface area contributed by atoms with Crippen molar-refractivity contribution in [3.05, 3.63) is 34.9 Å². The molecule has 1 aliphatic rings. The van der Waals surface area contributed by atoms with Crippen LogP contribution in [0.2, 0.25) is 0 Å². The number of carbonyl (C=O) groups is 1. The SMILES string of the molecule is N#Cc1cc(C2(N)CCCC(O)C2=O)ccc1C(F)(F)F. The van der Waals surface area contributed by atoms with Crippen LogP contribution in [0.4, 0.5) is 13.2 Å². The van der Waals surface area contributed by atoms with Crippen LogP contribution in [0, 0.1) is 11.3 Å². The lowest BCUT2D eigenvalue weighted by molar-refractivity contribution is -0.137. The second-order valence-electron chi connectivity index (χ2n) is 5.11. The van der Waals surface area contributed by atoms with Crippen molar-refractivity contribution in [2.75, 3.05) is 0 Å².